The van der Waals surface area contributed by atoms with Crippen molar-refractivity contribution in [2.75, 3.05) is 19.8 Å². The average Bonchev–Trinajstić information content (AvgIpc) is 3.42. The number of rotatable bonds is 10. The highest BCUT2D eigenvalue weighted by Gasteiger charge is 2.44. The van der Waals surface area contributed by atoms with Gasteiger partial charge in [-0.25, -0.2) is 4.68 Å². The zero-order valence-corrected chi connectivity index (χ0v) is 21.2. The predicted octanol–water partition coefficient (Wildman–Crippen LogP) is 3.66. The van der Waals surface area contributed by atoms with Crippen LogP contribution in [0.5, 0.6) is 0 Å². The van der Waals surface area contributed by atoms with Crippen LogP contribution in [-0.2, 0) is 36.3 Å². The molecule has 1 saturated heterocycles. The van der Waals surface area contributed by atoms with Crippen LogP contribution in [0.4, 0.5) is 0 Å². The third kappa shape index (κ3) is 5.51. The number of fused-ring (bicyclic) bond motifs is 2. The Bertz CT molecular complexity index is 915. The summed E-state index contributed by atoms with van der Waals surface area (Å²) in [6, 6.07) is 2.79. The Kier molecular flexibility index (Phi) is 7.91. The van der Waals surface area contributed by atoms with Gasteiger partial charge in [0, 0.05) is 48.1 Å². The summed E-state index contributed by atoms with van der Waals surface area (Å²) in [5, 5.41) is 28.9. The first-order valence-electron chi connectivity index (χ1n) is 12.6. The van der Waals surface area contributed by atoms with Crippen molar-refractivity contribution in [1.82, 2.24) is 19.9 Å². The van der Waals surface area contributed by atoms with E-state index in [1.54, 1.807) is 4.68 Å². The number of aliphatic hydroxyl groups excluding tert-OH is 1. The summed E-state index contributed by atoms with van der Waals surface area (Å²) >= 11 is 1.97. The Morgan fingerprint density at radius 3 is 2.91 bits per heavy atom. The molecule has 0 saturated carbocycles. The number of nitrogens with zero attached hydrogens (tertiary/aromatic N) is 4. The quantitative estimate of drug-likeness (QED) is 0.545. The van der Waals surface area contributed by atoms with Gasteiger partial charge in [-0.15, -0.1) is 16.4 Å². The number of hydrogen-bond acceptors (Lipinski definition) is 7. The lowest BCUT2D eigenvalue weighted by molar-refractivity contribution is -0.112. The molecule has 0 bridgehead atoms. The van der Waals surface area contributed by atoms with Crippen LogP contribution in [0, 0.1) is 0 Å². The molecule has 2 aliphatic heterocycles. The van der Waals surface area contributed by atoms with E-state index < -0.39 is 5.60 Å². The molecule has 4 heterocycles. The first-order chi connectivity index (χ1) is 15.9. The first kappa shape index (κ1) is 24.8. The molecule has 2 aliphatic rings. The van der Waals surface area contributed by atoms with E-state index in [1.807, 2.05) is 17.5 Å². The lowest BCUT2D eigenvalue weighted by Crippen LogP contribution is -2.50. The molecule has 33 heavy (non-hydrogen) atoms. The second-order valence-electron chi connectivity index (χ2n) is 9.98. The number of likely N-dealkylation sites (tertiary alicyclic amines) is 1. The smallest absolute Gasteiger partial charge is 0.0969 e. The van der Waals surface area contributed by atoms with Crippen molar-refractivity contribution >= 4 is 11.3 Å². The molecule has 1 spiro atoms. The summed E-state index contributed by atoms with van der Waals surface area (Å²) in [6.07, 6.45) is 8.88. The Hall–Kier alpha value is -1.32. The Balaban J connectivity index is 1.39. The molecule has 184 valence electrons. The Morgan fingerprint density at radius 2 is 2.18 bits per heavy atom. The van der Waals surface area contributed by atoms with E-state index in [2.05, 4.69) is 42.0 Å². The SMILES string of the molecule is CCCC(O)(CCCO)Cn1cc(CN2CC[C@]3(C[C@@H]2C)OCCc2sc(CC)cc23)nn1. The van der Waals surface area contributed by atoms with Crippen LogP contribution >= 0.6 is 11.3 Å². The fourth-order valence-electron chi connectivity index (χ4n) is 5.66. The minimum Gasteiger partial charge on any atom is -0.396 e. The molecule has 3 atom stereocenters. The maximum atomic E-state index is 11.0. The topological polar surface area (TPSA) is 83.6 Å². The molecular formula is C25H40N4O3S. The van der Waals surface area contributed by atoms with Crippen LogP contribution in [0.15, 0.2) is 12.3 Å². The van der Waals surface area contributed by atoms with Gasteiger partial charge in [0.2, 0.25) is 0 Å². The lowest BCUT2D eigenvalue weighted by atomic mass is 9.79. The number of thiophene rings is 1. The fraction of sp³-hybridized carbons (Fsp3) is 0.760. The number of piperidine rings is 1. The van der Waals surface area contributed by atoms with Gasteiger partial charge >= 0.3 is 0 Å². The third-order valence-electron chi connectivity index (χ3n) is 7.38. The van der Waals surface area contributed by atoms with E-state index in [1.165, 1.54) is 15.3 Å². The number of hydrogen-bond donors (Lipinski definition) is 2. The van der Waals surface area contributed by atoms with Gasteiger partial charge in [-0.05, 0) is 57.1 Å². The average molecular weight is 477 g/mol. The van der Waals surface area contributed by atoms with Crippen molar-refractivity contribution in [3.05, 3.63) is 33.3 Å². The second kappa shape index (κ2) is 10.5. The van der Waals surface area contributed by atoms with Crippen molar-refractivity contribution < 1.29 is 14.9 Å². The van der Waals surface area contributed by atoms with Gasteiger partial charge in [-0.2, -0.15) is 0 Å². The third-order valence-corrected chi connectivity index (χ3v) is 8.72. The summed E-state index contributed by atoms with van der Waals surface area (Å²) in [6.45, 7) is 9.68. The second-order valence-corrected chi connectivity index (χ2v) is 11.2. The summed E-state index contributed by atoms with van der Waals surface area (Å²) in [5.74, 6) is 0. The monoisotopic (exact) mass is 476 g/mol. The van der Waals surface area contributed by atoms with Gasteiger partial charge in [0.1, 0.15) is 0 Å². The van der Waals surface area contributed by atoms with E-state index in [-0.39, 0.29) is 12.2 Å². The minimum absolute atomic E-state index is 0.0965. The van der Waals surface area contributed by atoms with Crippen molar-refractivity contribution in [3.63, 3.8) is 0 Å². The zero-order valence-electron chi connectivity index (χ0n) is 20.4. The molecule has 7 nitrogen and oxygen atoms in total. The van der Waals surface area contributed by atoms with Gasteiger partial charge < -0.3 is 14.9 Å². The highest BCUT2D eigenvalue weighted by Crippen LogP contribution is 2.46. The van der Waals surface area contributed by atoms with Crippen LogP contribution in [0.2, 0.25) is 0 Å². The maximum Gasteiger partial charge on any atom is 0.0969 e. The largest absolute Gasteiger partial charge is 0.396 e. The fourth-order valence-corrected chi connectivity index (χ4v) is 6.84. The summed E-state index contributed by atoms with van der Waals surface area (Å²) in [4.78, 5) is 5.48. The van der Waals surface area contributed by atoms with Crippen molar-refractivity contribution in [2.24, 2.45) is 0 Å². The van der Waals surface area contributed by atoms with Crippen LogP contribution in [0.1, 0.15) is 80.3 Å². The number of aromatic nitrogens is 3. The summed E-state index contributed by atoms with van der Waals surface area (Å²) in [7, 11) is 0. The van der Waals surface area contributed by atoms with E-state index in [4.69, 9.17) is 4.74 Å². The van der Waals surface area contributed by atoms with Gasteiger partial charge in [0.05, 0.1) is 30.0 Å². The molecule has 0 radical (unpaired) electrons. The molecule has 0 aromatic carbocycles. The molecule has 4 rings (SSSR count). The first-order valence-corrected chi connectivity index (χ1v) is 13.4. The van der Waals surface area contributed by atoms with Gasteiger partial charge in [0.15, 0.2) is 0 Å². The van der Waals surface area contributed by atoms with Gasteiger partial charge in [-0.1, -0.05) is 25.5 Å². The minimum atomic E-state index is -0.846. The zero-order chi connectivity index (χ0) is 23.5. The summed E-state index contributed by atoms with van der Waals surface area (Å²) in [5.41, 5.74) is 1.41. The van der Waals surface area contributed by atoms with E-state index in [9.17, 15) is 10.2 Å². The molecular weight excluding hydrogens is 436 g/mol. The highest BCUT2D eigenvalue weighted by atomic mass is 32.1. The molecule has 0 amide bonds. The van der Waals surface area contributed by atoms with Crippen LogP contribution in [0.3, 0.4) is 0 Å². The molecule has 0 aliphatic carbocycles. The normalized spacial score (nSPS) is 25.3. The Labute approximate surface area is 201 Å². The standard InChI is InChI=1S/C25H40N4O3S/c1-4-8-24(31,9-6-12-30)18-29-17-20(26-27-29)16-28-11-10-25(15-19(28)3)22-14-21(5-2)33-23(22)7-13-32-25/h14,17,19,30-31H,4-13,15-16,18H2,1-3H3/t19-,24?,25+/m0/s1. The van der Waals surface area contributed by atoms with E-state index in [0.717, 1.165) is 57.5 Å². The van der Waals surface area contributed by atoms with Crippen LogP contribution in [0.25, 0.3) is 0 Å². The van der Waals surface area contributed by atoms with Crippen molar-refractivity contribution in [3.8, 4) is 0 Å². The van der Waals surface area contributed by atoms with E-state index in [0.29, 0.717) is 31.8 Å². The molecule has 1 fully saturated rings. The maximum absolute atomic E-state index is 11.0. The van der Waals surface area contributed by atoms with Crippen LogP contribution in [-0.4, -0.2) is 61.5 Å². The highest BCUT2D eigenvalue weighted by molar-refractivity contribution is 7.12. The predicted molar refractivity (Wildman–Crippen MR) is 130 cm³/mol. The molecule has 2 N–H and O–H groups in total. The molecule has 2 aromatic rings. The summed E-state index contributed by atoms with van der Waals surface area (Å²) < 4.78 is 8.25. The molecule has 2 aromatic heterocycles. The number of ether oxygens (including phenoxy) is 1. The lowest BCUT2D eigenvalue weighted by Gasteiger charge is -2.47. The van der Waals surface area contributed by atoms with Crippen molar-refractivity contribution in [2.45, 2.75) is 102 Å². The number of aryl methyl sites for hydroxylation is 1. The number of aliphatic hydroxyl groups is 2. The van der Waals surface area contributed by atoms with Crippen molar-refractivity contribution in [1.29, 1.82) is 0 Å². The van der Waals surface area contributed by atoms with Gasteiger partial charge in [-0.3, -0.25) is 4.90 Å². The van der Waals surface area contributed by atoms with Crippen LogP contribution < -0.4 is 0 Å². The van der Waals surface area contributed by atoms with Gasteiger partial charge in [0.25, 0.3) is 0 Å². The molecule has 8 heteroatoms. The Morgan fingerprint density at radius 1 is 1.33 bits per heavy atom. The molecule has 1 unspecified atom stereocenters. The van der Waals surface area contributed by atoms with E-state index >= 15 is 0 Å².